The first-order valence-electron chi connectivity index (χ1n) is 8.51. The SMILES string of the molecule is Cl.O=C(c1ccn(C2CCCNC2)n1)N1CCOC2CCCC21. The van der Waals surface area contributed by atoms with E-state index in [9.17, 15) is 4.79 Å². The average Bonchev–Trinajstić information content (AvgIpc) is 3.24. The highest BCUT2D eigenvalue weighted by molar-refractivity contribution is 5.92. The number of amides is 1. The van der Waals surface area contributed by atoms with Crippen molar-refractivity contribution in [2.24, 2.45) is 0 Å². The summed E-state index contributed by atoms with van der Waals surface area (Å²) >= 11 is 0. The third-order valence-corrected chi connectivity index (χ3v) is 5.22. The van der Waals surface area contributed by atoms with E-state index in [2.05, 4.69) is 10.4 Å². The number of ether oxygens (including phenoxy) is 1. The van der Waals surface area contributed by atoms with Crippen LogP contribution in [0.2, 0.25) is 0 Å². The normalized spacial score (nSPS) is 30.6. The molecule has 0 aromatic carbocycles. The van der Waals surface area contributed by atoms with Crippen LogP contribution in [0.5, 0.6) is 0 Å². The summed E-state index contributed by atoms with van der Waals surface area (Å²) in [5, 5.41) is 7.96. The highest BCUT2D eigenvalue weighted by Crippen LogP contribution is 2.30. The monoisotopic (exact) mass is 340 g/mol. The first-order chi connectivity index (χ1) is 10.8. The standard InChI is InChI=1S/C16H24N4O2.ClH/c21-16(19-9-10-22-15-5-1-4-14(15)19)13-6-8-20(18-13)12-3-2-7-17-11-12;/h6,8,12,14-15,17H,1-5,7,9-11H2;1H. The van der Waals surface area contributed by atoms with Gasteiger partial charge in [-0.1, -0.05) is 0 Å². The van der Waals surface area contributed by atoms with Gasteiger partial charge in [0.1, 0.15) is 5.69 Å². The number of piperidine rings is 1. The lowest BCUT2D eigenvalue weighted by molar-refractivity contribution is -0.0447. The minimum Gasteiger partial charge on any atom is -0.374 e. The van der Waals surface area contributed by atoms with Gasteiger partial charge in [-0.15, -0.1) is 12.4 Å². The van der Waals surface area contributed by atoms with Crippen molar-refractivity contribution in [3.8, 4) is 0 Å². The number of nitrogens with zero attached hydrogens (tertiary/aromatic N) is 3. The maximum Gasteiger partial charge on any atom is 0.274 e. The molecule has 1 aromatic heterocycles. The van der Waals surface area contributed by atoms with Gasteiger partial charge in [0.15, 0.2) is 0 Å². The number of fused-ring (bicyclic) bond motifs is 1. The summed E-state index contributed by atoms with van der Waals surface area (Å²) in [6.07, 6.45) is 7.78. The highest BCUT2D eigenvalue weighted by atomic mass is 35.5. The van der Waals surface area contributed by atoms with Crippen molar-refractivity contribution in [1.82, 2.24) is 20.0 Å². The first-order valence-corrected chi connectivity index (χ1v) is 8.51. The van der Waals surface area contributed by atoms with Crippen LogP contribution in [0.4, 0.5) is 0 Å². The van der Waals surface area contributed by atoms with Crippen LogP contribution in [0.3, 0.4) is 0 Å². The number of hydrogen-bond donors (Lipinski definition) is 1. The average molecular weight is 341 g/mol. The van der Waals surface area contributed by atoms with Crippen LogP contribution in [0, 0.1) is 0 Å². The van der Waals surface area contributed by atoms with Crippen molar-refractivity contribution in [1.29, 1.82) is 0 Å². The van der Waals surface area contributed by atoms with Crippen molar-refractivity contribution in [3.05, 3.63) is 18.0 Å². The van der Waals surface area contributed by atoms with Gasteiger partial charge < -0.3 is 15.0 Å². The molecule has 3 atom stereocenters. The lowest BCUT2D eigenvalue weighted by atomic mass is 10.1. The van der Waals surface area contributed by atoms with Gasteiger partial charge in [0.25, 0.3) is 5.91 Å². The second-order valence-electron chi connectivity index (χ2n) is 6.59. The predicted octanol–water partition coefficient (Wildman–Crippen LogP) is 1.62. The topological polar surface area (TPSA) is 59.4 Å². The molecule has 0 bridgehead atoms. The van der Waals surface area contributed by atoms with Crippen molar-refractivity contribution in [2.45, 2.75) is 50.3 Å². The molecule has 1 amide bonds. The maximum absolute atomic E-state index is 12.8. The summed E-state index contributed by atoms with van der Waals surface area (Å²) in [5.41, 5.74) is 0.582. The van der Waals surface area contributed by atoms with E-state index in [1.54, 1.807) is 0 Å². The zero-order valence-corrected chi connectivity index (χ0v) is 14.1. The molecule has 0 spiro atoms. The van der Waals surface area contributed by atoms with Gasteiger partial charge in [-0.25, -0.2) is 0 Å². The Hall–Kier alpha value is -1.11. The van der Waals surface area contributed by atoms with Gasteiger partial charge in [-0.3, -0.25) is 9.48 Å². The van der Waals surface area contributed by atoms with E-state index in [0.717, 1.165) is 38.8 Å². The summed E-state index contributed by atoms with van der Waals surface area (Å²) < 4.78 is 7.76. The van der Waals surface area contributed by atoms with E-state index in [1.165, 1.54) is 6.42 Å². The van der Waals surface area contributed by atoms with Crippen LogP contribution in [-0.4, -0.2) is 59.0 Å². The molecule has 6 nitrogen and oxygen atoms in total. The fraction of sp³-hybridized carbons (Fsp3) is 0.750. The summed E-state index contributed by atoms with van der Waals surface area (Å²) in [6.45, 7) is 3.37. The Bertz CT molecular complexity index is 544. The Labute approximate surface area is 143 Å². The van der Waals surface area contributed by atoms with Gasteiger partial charge in [0, 0.05) is 19.3 Å². The number of rotatable bonds is 2. The Kier molecular flexibility index (Phi) is 5.24. The van der Waals surface area contributed by atoms with Gasteiger partial charge >= 0.3 is 0 Å². The molecule has 2 saturated heterocycles. The van der Waals surface area contributed by atoms with Crippen LogP contribution in [0.25, 0.3) is 0 Å². The van der Waals surface area contributed by atoms with Gasteiger partial charge in [-0.05, 0) is 44.7 Å². The number of carbonyl (C=O) groups is 1. The van der Waals surface area contributed by atoms with Gasteiger partial charge in [-0.2, -0.15) is 5.10 Å². The van der Waals surface area contributed by atoms with E-state index in [-0.39, 0.29) is 30.5 Å². The minimum atomic E-state index is 0. The summed E-state index contributed by atoms with van der Waals surface area (Å²) in [7, 11) is 0. The molecule has 23 heavy (non-hydrogen) atoms. The first kappa shape index (κ1) is 16.7. The number of morpholine rings is 1. The Morgan fingerprint density at radius 3 is 3.04 bits per heavy atom. The van der Waals surface area contributed by atoms with Gasteiger partial charge in [0.05, 0.1) is 24.8 Å². The molecule has 128 valence electrons. The van der Waals surface area contributed by atoms with Crippen LogP contribution in [0.1, 0.15) is 48.6 Å². The largest absolute Gasteiger partial charge is 0.374 e. The van der Waals surface area contributed by atoms with Crippen LogP contribution in [0.15, 0.2) is 12.3 Å². The molecule has 1 aromatic rings. The number of carbonyl (C=O) groups excluding carboxylic acids is 1. The van der Waals surface area contributed by atoms with Crippen LogP contribution in [-0.2, 0) is 4.74 Å². The van der Waals surface area contributed by atoms with Crippen LogP contribution >= 0.6 is 12.4 Å². The molecular weight excluding hydrogens is 316 g/mol. The van der Waals surface area contributed by atoms with E-state index in [0.29, 0.717) is 24.9 Å². The number of halogens is 1. The van der Waals surface area contributed by atoms with E-state index >= 15 is 0 Å². The second-order valence-corrected chi connectivity index (χ2v) is 6.59. The lowest BCUT2D eigenvalue weighted by Crippen LogP contribution is -2.51. The number of hydrogen-bond acceptors (Lipinski definition) is 4. The molecule has 3 unspecified atom stereocenters. The minimum absolute atomic E-state index is 0. The van der Waals surface area contributed by atoms with Crippen molar-refractivity contribution in [2.75, 3.05) is 26.2 Å². The summed E-state index contributed by atoms with van der Waals surface area (Å²) in [5.74, 6) is 0.0720. The maximum atomic E-state index is 12.8. The molecule has 1 N–H and O–H groups in total. The van der Waals surface area contributed by atoms with E-state index in [1.807, 2.05) is 21.8 Å². The quantitative estimate of drug-likeness (QED) is 0.889. The zero-order chi connectivity index (χ0) is 14.9. The summed E-state index contributed by atoms with van der Waals surface area (Å²) in [6, 6.07) is 2.50. The lowest BCUT2D eigenvalue weighted by Gasteiger charge is -2.37. The zero-order valence-electron chi connectivity index (χ0n) is 13.3. The molecule has 1 aliphatic carbocycles. The predicted molar refractivity (Wildman–Crippen MR) is 89.0 cm³/mol. The third kappa shape index (κ3) is 3.25. The third-order valence-electron chi connectivity index (χ3n) is 5.22. The fourth-order valence-electron chi connectivity index (χ4n) is 4.04. The second kappa shape index (κ2) is 7.20. The smallest absolute Gasteiger partial charge is 0.274 e. The molecule has 3 fully saturated rings. The number of nitrogens with one attached hydrogen (secondary N) is 1. The highest BCUT2D eigenvalue weighted by Gasteiger charge is 2.39. The van der Waals surface area contributed by atoms with Crippen molar-refractivity contribution in [3.63, 3.8) is 0 Å². The molecule has 4 rings (SSSR count). The number of aromatic nitrogens is 2. The van der Waals surface area contributed by atoms with Crippen LogP contribution < -0.4 is 5.32 Å². The van der Waals surface area contributed by atoms with Crippen molar-refractivity contribution < 1.29 is 9.53 Å². The molecule has 7 heteroatoms. The van der Waals surface area contributed by atoms with E-state index in [4.69, 9.17) is 4.74 Å². The summed E-state index contributed by atoms with van der Waals surface area (Å²) in [4.78, 5) is 14.8. The molecule has 3 heterocycles. The molecule has 3 aliphatic rings. The Morgan fingerprint density at radius 1 is 1.30 bits per heavy atom. The van der Waals surface area contributed by atoms with Crippen molar-refractivity contribution >= 4 is 18.3 Å². The molecule has 1 saturated carbocycles. The molecule has 0 radical (unpaired) electrons. The van der Waals surface area contributed by atoms with Gasteiger partial charge in [0.2, 0.25) is 0 Å². The molecule has 2 aliphatic heterocycles. The van der Waals surface area contributed by atoms with E-state index < -0.39 is 0 Å². The fourth-order valence-corrected chi connectivity index (χ4v) is 4.04. The molecular formula is C16H25ClN4O2. The Balaban J connectivity index is 0.00000156. The Morgan fingerprint density at radius 2 is 2.22 bits per heavy atom.